The minimum Gasteiger partial charge on any atom is -0.377 e. The van der Waals surface area contributed by atoms with Gasteiger partial charge in [-0.25, -0.2) is 0 Å². The molecule has 1 fully saturated rings. The van der Waals surface area contributed by atoms with Crippen molar-refractivity contribution in [3.63, 3.8) is 0 Å². The summed E-state index contributed by atoms with van der Waals surface area (Å²) in [7, 11) is 0. The van der Waals surface area contributed by atoms with Crippen molar-refractivity contribution in [3.05, 3.63) is 0 Å². The highest BCUT2D eigenvalue weighted by Crippen LogP contribution is 2.10. The average Bonchev–Trinajstić information content (AvgIpc) is 1.95. The summed E-state index contributed by atoms with van der Waals surface area (Å²) in [5.41, 5.74) is 0. The second kappa shape index (κ2) is 2.91. The van der Waals surface area contributed by atoms with Crippen molar-refractivity contribution in [2.24, 2.45) is 0 Å². The van der Waals surface area contributed by atoms with E-state index in [-0.39, 0.29) is 6.92 Å². The summed E-state index contributed by atoms with van der Waals surface area (Å²) < 4.78 is 35.6. The van der Waals surface area contributed by atoms with Crippen molar-refractivity contribution in [1.29, 1.82) is 0 Å². The molecule has 0 saturated carbocycles. The number of hydrogen-bond acceptors (Lipinski definition) is 1. The number of hydrogen-bond donors (Lipinski definition) is 0. The molecule has 0 atom stereocenters. The van der Waals surface area contributed by atoms with Gasteiger partial charge in [0.2, 0.25) is 0 Å². The van der Waals surface area contributed by atoms with Gasteiger partial charge in [-0.3, -0.25) is 0 Å². The largest absolute Gasteiger partial charge is 0.386 e. The van der Waals surface area contributed by atoms with Gasteiger partial charge in [0.25, 0.3) is 0 Å². The van der Waals surface area contributed by atoms with Gasteiger partial charge in [-0.05, 0) is 0 Å². The Morgan fingerprint density at radius 1 is 1.25 bits per heavy atom. The van der Waals surface area contributed by atoms with Gasteiger partial charge in [-0.15, -0.1) is 0 Å². The molecular formula is C4H7F3O. The fourth-order valence-corrected chi connectivity index (χ4v) is 0. The monoisotopic (exact) mass is 128 g/mol. The SMILES string of the molecule is C1CO1.CC(F)(F)F. The first-order chi connectivity index (χ1) is 3.50. The average molecular weight is 128 g/mol. The van der Waals surface area contributed by atoms with Crippen molar-refractivity contribution in [2.45, 2.75) is 13.1 Å². The smallest absolute Gasteiger partial charge is 0.377 e. The Hall–Kier alpha value is -0.250. The highest BCUT2D eigenvalue weighted by atomic mass is 19.4. The molecule has 0 aromatic rings. The van der Waals surface area contributed by atoms with Crippen molar-refractivity contribution in [1.82, 2.24) is 0 Å². The zero-order valence-electron chi connectivity index (χ0n) is 4.46. The van der Waals surface area contributed by atoms with E-state index in [2.05, 4.69) is 4.74 Å². The first kappa shape index (κ1) is 7.75. The molecule has 0 spiro atoms. The molecule has 1 saturated heterocycles. The Morgan fingerprint density at radius 3 is 1.38 bits per heavy atom. The first-order valence-electron chi connectivity index (χ1n) is 2.14. The quantitative estimate of drug-likeness (QED) is 0.451. The van der Waals surface area contributed by atoms with Crippen molar-refractivity contribution < 1.29 is 17.9 Å². The summed E-state index contributed by atoms with van der Waals surface area (Å²) in [5, 5.41) is 0. The van der Waals surface area contributed by atoms with E-state index in [4.69, 9.17) is 0 Å². The van der Waals surface area contributed by atoms with E-state index in [1.54, 1.807) is 0 Å². The maximum Gasteiger partial charge on any atom is 0.386 e. The number of epoxide rings is 1. The van der Waals surface area contributed by atoms with Gasteiger partial charge in [0.05, 0.1) is 13.2 Å². The molecule has 1 nitrogen and oxygen atoms in total. The van der Waals surface area contributed by atoms with E-state index in [1.807, 2.05) is 0 Å². The first-order valence-corrected chi connectivity index (χ1v) is 2.14. The topological polar surface area (TPSA) is 12.5 Å². The number of alkyl halides is 3. The number of rotatable bonds is 0. The molecule has 50 valence electrons. The molecule has 8 heavy (non-hydrogen) atoms. The fourth-order valence-electron chi connectivity index (χ4n) is 0. The predicted octanol–water partition coefficient (Wildman–Crippen LogP) is 1.59. The van der Waals surface area contributed by atoms with E-state index >= 15 is 0 Å². The summed E-state index contributed by atoms with van der Waals surface area (Å²) in [5.74, 6) is 0. The standard InChI is InChI=1S/C2H3F3.C2H4O/c1-2(3,4)5;1-2-3-1/h1H3;1-2H2. The molecular weight excluding hydrogens is 121 g/mol. The summed E-state index contributed by atoms with van der Waals surface area (Å²) in [4.78, 5) is 0. The van der Waals surface area contributed by atoms with Crippen molar-refractivity contribution >= 4 is 0 Å². The van der Waals surface area contributed by atoms with Gasteiger partial charge >= 0.3 is 6.18 Å². The molecule has 4 heteroatoms. The van der Waals surface area contributed by atoms with E-state index < -0.39 is 6.18 Å². The van der Waals surface area contributed by atoms with Crippen LogP contribution >= 0.6 is 0 Å². The minimum atomic E-state index is -4.00. The molecule has 1 aliphatic heterocycles. The third-order valence-electron chi connectivity index (χ3n) is 0.204. The zero-order chi connectivity index (χ0) is 6.62. The van der Waals surface area contributed by atoms with Gasteiger partial charge in [-0.2, -0.15) is 13.2 Å². The molecule has 0 radical (unpaired) electrons. The van der Waals surface area contributed by atoms with Crippen LogP contribution in [0.4, 0.5) is 13.2 Å². The molecule has 0 aromatic heterocycles. The Bertz CT molecular complexity index is 48.0. The van der Waals surface area contributed by atoms with Crippen molar-refractivity contribution in [3.8, 4) is 0 Å². The molecule has 1 heterocycles. The molecule has 0 aromatic carbocycles. The van der Waals surface area contributed by atoms with E-state index in [0.717, 1.165) is 13.2 Å². The minimum absolute atomic E-state index is 0.188. The lowest BCUT2D eigenvalue weighted by atomic mass is 10.8. The van der Waals surface area contributed by atoms with Crippen LogP contribution in [0.2, 0.25) is 0 Å². The molecule has 0 unspecified atom stereocenters. The second-order valence-corrected chi connectivity index (χ2v) is 1.39. The van der Waals surface area contributed by atoms with E-state index in [1.165, 1.54) is 0 Å². The number of halogens is 3. The lowest BCUT2D eigenvalue weighted by Crippen LogP contribution is -1.95. The van der Waals surface area contributed by atoms with Gasteiger partial charge in [0, 0.05) is 6.92 Å². The maximum absolute atomic E-state index is 10.4. The summed E-state index contributed by atoms with van der Waals surface area (Å²) in [6, 6.07) is 0. The number of ether oxygens (including phenoxy) is 1. The van der Waals surface area contributed by atoms with Crippen LogP contribution in [-0.4, -0.2) is 19.4 Å². The van der Waals surface area contributed by atoms with Crippen LogP contribution < -0.4 is 0 Å². The molecule has 1 aliphatic rings. The molecule has 0 N–H and O–H groups in total. The van der Waals surface area contributed by atoms with Crippen LogP contribution in [-0.2, 0) is 4.74 Å². The summed E-state index contributed by atoms with van der Waals surface area (Å²) >= 11 is 0. The van der Waals surface area contributed by atoms with Crippen LogP contribution in [0, 0.1) is 0 Å². The highest BCUT2D eigenvalue weighted by molar-refractivity contribution is 4.36. The Labute approximate surface area is 45.4 Å². The molecule has 0 aliphatic carbocycles. The predicted molar refractivity (Wildman–Crippen MR) is 22.5 cm³/mol. The third-order valence-corrected chi connectivity index (χ3v) is 0.204. The van der Waals surface area contributed by atoms with Crippen molar-refractivity contribution in [2.75, 3.05) is 13.2 Å². The second-order valence-electron chi connectivity index (χ2n) is 1.39. The lowest BCUT2D eigenvalue weighted by Gasteiger charge is -1.88. The third kappa shape index (κ3) is 231. The normalized spacial score (nSPS) is 16.5. The molecule has 0 amide bonds. The molecule has 1 rings (SSSR count). The van der Waals surface area contributed by atoms with Crippen LogP contribution in [0.15, 0.2) is 0 Å². The fraction of sp³-hybridized carbons (Fsp3) is 1.00. The highest BCUT2D eigenvalue weighted by Gasteiger charge is 2.15. The van der Waals surface area contributed by atoms with E-state index in [0.29, 0.717) is 0 Å². The van der Waals surface area contributed by atoms with Gasteiger partial charge in [0.15, 0.2) is 0 Å². The van der Waals surface area contributed by atoms with Crippen LogP contribution in [0.5, 0.6) is 0 Å². The Kier molecular flexibility index (Phi) is 2.82. The summed E-state index contributed by atoms with van der Waals surface area (Å²) in [6.07, 6.45) is -4.00. The molecule has 0 bridgehead atoms. The van der Waals surface area contributed by atoms with Crippen LogP contribution in [0.25, 0.3) is 0 Å². The van der Waals surface area contributed by atoms with Crippen LogP contribution in [0.1, 0.15) is 6.92 Å². The Balaban J connectivity index is 0.000000135. The lowest BCUT2D eigenvalue weighted by molar-refractivity contribution is -0.110. The van der Waals surface area contributed by atoms with Gasteiger partial charge in [0.1, 0.15) is 0 Å². The van der Waals surface area contributed by atoms with E-state index in [9.17, 15) is 13.2 Å². The summed E-state index contributed by atoms with van der Waals surface area (Å²) in [6.45, 7) is 2.19. The Morgan fingerprint density at radius 2 is 1.38 bits per heavy atom. The van der Waals surface area contributed by atoms with Gasteiger partial charge < -0.3 is 4.74 Å². The van der Waals surface area contributed by atoms with Crippen LogP contribution in [0.3, 0.4) is 0 Å². The van der Waals surface area contributed by atoms with Gasteiger partial charge in [-0.1, -0.05) is 0 Å². The zero-order valence-corrected chi connectivity index (χ0v) is 4.46. The maximum atomic E-state index is 10.4.